The fourth-order valence-corrected chi connectivity index (χ4v) is 1.67. The van der Waals surface area contributed by atoms with Gasteiger partial charge in [-0.2, -0.15) is 0 Å². The van der Waals surface area contributed by atoms with E-state index in [4.69, 9.17) is 9.47 Å². The summed E-state index contributed by atoms with van der Waals surface area (Å²) in [5.41, 5.74) is 1.09. The molecule has 0 heterocycles. The Morgan fingerprint density at radius 3 is 2.39 bits per heavy atom. The van der Waals surface area contributed by atoms with Crippen molar-refractivity contribution < 1.29 is 14.3 Å². The normalized spacial score (nSPS) is 10.5. The van der Waals surface area contributed by atoms with Crippen molar-refractivity contribution in [3.63, 3.8) is 0 Å². The van der Waals surface area contributed by atoms with Gasteiger partial charge in [0.1, 0.15) is 5.75 Å². The van der Waals surface area contributed by atoms with E-state index in [9.17, 15) is 4.79 Å². The van der Waals surface area contributed by atoms with Gasteiger partial charge in [0.2, 0.25) is 5.91 Å². The molecule has 3 N–H and O–H groups in total. The highest BCUT2D eigenvalue weighted by atomic mass is 127. The number of rotatable bonds is 8. The number of aliphatic imine (C=N–C) groups is 1. The van der Waals surface area contributed by atoms with E-state index in [2.05, 4.69) is 20.9 Å². The minimum Gasteiger partial charge on any atom is -0.497 e. The van der Waals surface area contributed by atoms with E-state index in [0.717, 1.165) is 11.3 Å². The Bertz CT molecular complexity index is 480. The van der Waals surface area contributed by atoms with Crippen molar-refractivity contribution in [2.24, 2.45) is 4.99 Å². The Balaban J connectivity index is 0.00000484. The molecule has 1 amide bonds. The zero-order valence-electron chi connectivity index (χ0n) is 13.7. The van der Waals surface area contributed by atoms with Gasteiger partial charge in [0.25, 0.3) is 0 Å². The smallest absolute Gasteiger partial charge is 0.239 e. The molecule has 0 aliphatic rings. The Hall–Kier alpha value is -1.55. The molecule has 0 radical (unpaired) electrons. The molecule has 8 heteroatoms. The van der Waals surface area contributed by atoms with Crippen molar-refractivity contribution in [1.82, 2.24) is 16.0 Å². The topological polar surface area (TPSA) is 84.0 Å². The largest absolute Gasteiger partial charge is 0.497 e. The van der Waals surface area contributed by atoms with E-state index >= 15 is 0 Å². The van der Waals surface area contributed by atoms with E-state index in [1.54, 1.807) is 21.3 Å². The molecule has 1 rings (SSSR count). The fraction of sp³-hybridized carbons (Fsp3) is 0.467. The molecule has 0 fully saturated rings. The van der Waals surface area contributed by atoms with Crippen LogP contribution in [0.3, 0.4) is 0 Å². The third-order valence-electron chi connectivity index (χ3n) is 2.89. The summed E-state index contributed by atoms with van der Waals surface area (Å²) in [7, 11) is 4.89. The zero-order chi connectivity index (χ0) is 16.2. The molecule has 0 bridgehead atoms. The van der Waals surface area contributed by atoms with Crippen molar-refractivity contribution in [3.8, 4) is 5.75 Å². The van der Waals surface area contributed by atoms with E-state index in [-0.39, 0.29) is 36.4 Å². The van der Waals surface area contributed by atoms with Crippen LogP contribution in [0.25, 0.3) is 0 Å². The summed E-state index contributed by atoms with van der Waals surface area (Å²) < 4.78 is 9.97. The Labute approximate surface area is 154 Å². The summed E-state index contributed by atoms with van der Waals surface area (Å²) in [6, 6.07) is 7.74. The number of benzene rings is 1. The average molecular weight is 436 g/mol. The molecule has 0 aliphatic carbocycles. The third kappa shape index (κ3) is 9.24. The molecule has 7 nitrogen and oxygen atoms in total. The average Bonchev–Trinajstić information content (AvgIpc) is 2.55. The van der Waals surface area contributed by atoms with Crippen LogP contribution in [0.1, 0.15) is 5.56 Å². The van der Waals surface area contributed by atoms with Gasteiger partial charge in [0, 0.05) is 27.2 Å². The highest BCUT2D eigenvalue weighted by molar-refractivity contribution is 14.0. The first-order valence-electron chi connectivity index (χ1n) is 7.02. The summed E-state index contributed by atoms with van der Waals surface area (Å²) in [6.45, 7) is 1.76. The number of halogens is 1. The van der Waals surface area contributed by atoms with Crippen LogP contribution >= 0.6 is 24.0 Å². The number of ether oxygens (including phenoxy) is 2. The third-order valence-corrected chi connectivity index (χ3v) is 2.89. The lowest BCUT2D eigenvalue weighted by molar-refractivity contribution is -0.120. The van der Waals surface area contributed by atoms with Gasteiger partial charge in [-0.3, -0.25) is 9.79 Å². The number of hydrogen-bond acceptors (Lipinski definition) is 4. The number of carbonyl (C=O) groups excluding carboxylic acids is 1. The fourth-order valence-electron chi connectivity index (χ4n) is 1.67. The molecule has 0 spiro atoms. The number of nitrogens with zero attached hydrogens (tertiary/aromatic N) is 1. The number of methoxy groups -OCH3 is 2. The molecule has 23 heavy (non-hydrogen) atoms. The maximum atomic E-state index is 11.6. The van der Waals surface area contributed by atoms with Gasteiger partial charge in [-0.25, -0.2) is 0 Å². The van der Waals surface area contributed by atoms with Gasteiger partial charge >= 0.3 is 0 Å². The lowest BCUT2D eigenvalue weighted by atomic mass is 10.2. The summed E-state index contributed by atoms with van der Waals surface area (Å²) in [5, 5.41) is 8.82. The zero-order valence-corrected chi connectivity index (χ0v) is 16.0. The van der Waals surface area contributed by atoms with Crippen molar-refractivity contribution in [2.45, 2.75) is 6.54 Å². The van der Waals surface area contributed by atoms with E-state index in [1.807, 2.05) is 24.3 Å². The number of amides is 1. The van der Waals surface area contributed by atoms with Crippen LogP contribution in [-0.2, 0) is 16.1 Å². The Kier molecular flexibility index (Phi) is 12.1. The summed E-state index contributed by atoms with van der Waals surface area (Å²) in [6.07, 6.45) is 0. The van der Waals surface area contributed by atoms with Crippen LogP contribution in [-0.4, -0.2) is 52.8 Å². The van der Waals surface area contributed by atoms with Gasteiger partial charge in [-0.05, 0) is 17.7 Å². The van der Waals surface area contributed by atoms with E-state index in [1.165, 1.54) is 0 Å². The lowest BCUT2D eigenvalue weighted by Crippen LogP contribution is -2.43. The van der Waals surface area contributed by atoms with Crippen molar-refractivity contribution in [2.75, 3.05) is 41.0 Å². The molecular formula is C15H25IN4O3. The quantitative estimate of drug-likeness (QED) is 0.242. The lowest BCUT2D eigenvalue weighted by Gasteiger charge is -2.12. The monoisotopic (exact) mass is 436 g/mol. The second-order valence-corrected chi connectivity index (χ2v) is 4.47. The van der Waals surface area contributed by atoms with Gasteiger partial charge in [-0.15, -0.1) is 24.0 Å². The molecule has 130 valence electrons. The number of nitrogens with one attached hydrogen (secondary N) is 3. The maximum absolute atomic E-state index is 11.6. The van der Waals surface area contributed by atoms with Gasteiger partial charge in [0.15, 0.2) is 5.96 Å². The van der Waals surface area contributed by atoms with Gasteiger partial charge < -0.3 is 25.4 Å². The molecule has 0 aliphatic heterocycles. The molecule has 0 saturated carbocycles. The number of hydrogen-bond donors (Lipinski definition) is 3. The van der Waals surface area contributed by atoms with Crippen LogP contribution in [0.2, 0.25) is 0 Å². The van der Waals surface area contributed by atoms with E-state index in [0.29, 0.717) is 25.7 Å². The first-order valence-corrected chi connectivity index (χ1v) is 7.02. The summed E-state index contributed by atoms with van der Waals surface area (Å²) >= 11 is 0. The molecule has 0 atom stereocenters. The van der Waals surface area contributed by atoms with Crippen LogP contribution in [0.5, 0.6) is 5.75 Å². The number of carbonyl (C=O) groups is 1. The second kappa shape index (κ2) is 12.9. The minimum absolute atomic E-state index is 0. The van der Waals surface area contributed by atoms with Crippen molar-refractivity contribution in [1.29, 1.82) is 0 Å². The van der Waals surface area contributed by atoms with Crippen LogP contribution < -0.4 is 20.7 Å². The first-order chi connectivity index (χ1) is 10.7. The van der Waals surface area contributed by atoms with Crippen molar-refractivity contribution in [3.05, 3.63) is 29.8 Å². The Morgan fingerprint density at radius 1 is 1.13 bits per heavy atom. The summed E-state index contributed by atoms with van der Waals surface area (Å²) in [5.74, 6) is 1.28. The molecule has 0 saturated heterocycles. The first kappa shape index (κ1) is 21.4. The standard InChI is InChI=1S/C15H24N4O3.HI/c1-16-15(19-11-14(20)17-8-9-21-2)18-10-12-4-6-13(22-3)7-5-12;/h4-7H,8-11H2,1-3H3,(H,17,20)(H2,16,18,19);1H. The maximum Gasteiger partial charge on any atom is 0.239 e. The van der Waals surface area contributed by atoms with Crippen LogP contribution in [0, 0.1) is 0 Å². The van der Waals surface area contributed by atoms with Gasteiger partial charge in [-0.1, -0.05) is 12.1 Å². The molecular weight excluding hydrogens is 411 g/mol. The van der Waals surface area contributed by atoms with Crippen LogP contribution in [0.15, 0.2) is 29.3 Å². The van der Waals surface area contributed by atoms with E-state index < -0.39 is 0 Å². The second-order valence-electron chi connectivity index (χ2n) is 4.47. The number of guanidine groups is 1. The SMILES string of the molecule is CN=C(NCC(=O)NCCOC)NCc1ccc(OC)cc1.I. The van der Waals surface area contributed by atoms with Crippen LogP contribution in [0.4, 0.5) is 0 Å². The highest BCUT2D eigenvalue weighted by Crippen LogP contribution is 2.10. The molecule has 0 unspecified atom stereocenters. The predicted molar refractivity (Wildman–Crippen MR) is 101 cm³/mol. The Morgan fingerprint density at radius 2 is 1.83 bits per heavy atom. The molecule has 1 aromatic rings. The molecule has 0 aromatic heterocycles. The highest BCUT2D eigenvalue weighted by Gasteiger charge is 2.03. The minimum atomic E-state index is -0.107. The van der Waals surface area contributed by atoms with Crippen molar-refractivity contribution >= 4 is 35.8 Å². The summed E-state index contributed by atoms with van der Waals surface area (Å²) in [4.78, 5) is 15.6. The predicted octanol–water partition coefficient (Wildman–Crippen LogP) is 0.741. The molecule has 1 aromatic carbocycles. The van der Waals surface area contributed by atoms with Gasteiger partial charge in [0.05, 0.1) is 20.3 Å².